The molecule has 3 aromatic carbocycles. The van der Waals surface area contributed by atoms with Gasteiger partial charge in [0.2, 0.25) is 0 Å². The van der Waals surface area contributed by atoms with Crippen molar-refractivity contribution >= 4 is 18.0 Å². The number of benzene rings is 3. The van der Waals surface area contributed by atoms with Crippen LogP contribution in [-0.4, -0.2) is 45.9 Å². The number of aromatic hydroxyl groups is 1. The second-order valence-corrected chi connectivity index (χ2v) is 7.92. The van der Waals surface area contributed by atoms with E-state index in [4.69, 9.17) is 25.8 Å². The van der Waals surface area contributed by atoms with Crippen LogP contribution >= 0.6 is 0 Å². The van der Waals surface area contributed by atoms with Gasteiger partial charge in [-0.3, -0.25) is 9.59 Å². The van der Waals surface area contributed by atoms with Crippen molar-refractivity contribution in [3.8, 4) is 16.9 Å². The maximum absolute atomic E-state index is 11.4. The summed E-state index contributed by atoms with van der Waals surface area (Å²) < 4.78 is 5.09. The number of carbonyl (C=O) groups is 3. The van der Waals surface area contributed by atoms with E-state index in [2.05, 4.69) is 23.5 Å². The molecule has 1 atom stereocenters. The van der Waals surface area contributed by atoms with Gasteiger partial charge in [0.1, 0.15) is 24.9 Å². The molecule has 1 unspecified atom stereocenters. The summed E-state index contributed by atoms with van der Waals surface area (Å²) in [6.45, 7) is -0.320. The van der Waals surface area contributed by atoms with Crippen molar-refractivity contribution in [3.05, 3.63) is 89.0 Å². The monoisotopic (exact) mass is 478 g/mol. The minimum absolute atomic E-state index is 0.128. The number of nitrogens with two attached hydrogens (primary N) is 1. The molecule has 0 heterocycles. The highest BCUT2D eigenvalue weighted by Crippen LogP contribution is 2.38. The number of phenolic OH excluding ortho intramolecular Hbond substituents is 1. The Morgan fingerprint density at radius 1 is 0.943 bits per heavy atom. The van der Waals surface area contributed by atoms with Crippen molar-refractivity contribution in [2.24, 2.45) is 5.73 Å². The number of amides is 1. The van der Waals surface area contributed by atoms with Gasteiger partial charge in [-0.25, -0.2) is 4.79 Å². The molecule has 0 spiro atoms. The Kier molecular flexibility index (Phi) is 8.42. The standard InChI is InChI=1S/C17H15NO4.C9H11NO3/c19-16(20)9-18-17(21)22-10-12-5-3-7-14-13-6-2-1-4-11(13)8-15(12)14;10-8(9(12)13)5-6-1-3-7(11)4-2-6/h1-7H,8-10H2,(H,18,21)(H,19,20);1-4,8,11H,5,10H2,(H,12,13). The molecule has 0 radical (unpaired) electrons. The van der Waals surface area contributed by atoms with Crippen LogP contribution in [0.25, 0.3) is 11.1 Å². The van der Waals surface area contributed by atoms with E-state index >= 15 is 0 Å². The molecule has 9 heteroatoms. The normalized spacial score (nSPS) is 11.8. The molecule has 1 aliphatic carbocycles. The fourth-order valence-corrected chi connectivity index (χ4v) is 3.67. The second kappa shape index (κ2) is 11.7. The van der Waals surface area contributed by atoms with Crippen molar-refractivity contribution in [1.82, 2.24) is 5.32 Å². The first-order chi connectivity index (χ1) is 16.7. The van der Waals surface area contributed by atoms with E-state index in [-0.39, 0.29) is 18.8 Å². The van der Waals surface area contributed by atoms with Gasteiger partial charge in [0, 0.05) is 0 Å². The number of carbonyl (C=O) groups excluding carboxylic acids is 1. The first-order valence-electron chi connectivity index (χ1n) is 10.8. The zero-order valence-corrected chi connectivity index (χ0v) is 18.8. The summed E-state index contributed by atoms with van der Waals surface area (Å²) >= 11 is 0. The molecule has 35 heavy (non-hydrogen) atoms. The van der Waals surface area contributed by atoms with Crippen molar-refractivity contribution in [3.63, 3.8) is 0 Å². The highest BCUT2D eigenvalue weighted by atomic mass is 16.5. The van der Waals surface area contributed by atoms with Crippen LogP contribution in [0.5, 0.6) is 5.75 Å². The van der Waals surface area contributed by atoms with Gasteiger partial charge in [-0.05, 0) is 58.4 Å². The zero-order valence-electron chi connectivity index (χ0n) is 18.8. The van der Waals surface area contributed by atoms with Crippen LogP contribution in [0.3, 0.4) is 0 Å². The van der Waals surface area contributed by atoms with Crippen LogP contribution in [0.2, 0.25) is 0 Å². The third kappa shape index (κ3) is 7.05. The summed E-state index contributed by atoms with van der Waals surface area (Å²) in [4.78, 5) is 32.2. The summed E-state index contributed by atoms with van der Waals surface area (Å²) in [6, 6.07) is 19.6. The summed E-state index contributed by atoms with van der Waals surface area (Å²) in [5.41, 5.74) is 11.9. The maximum Gasteiger partial charge on any atom is 0.407 e. The lowest BCUT2D eigenvalue weighted by Crippen LogP contribution is -2.32. The Balaban J connectivity index is 0.000000225. The molecule has 0 aromatic heterocycles. The number of nitrogens with one attached hydrogen (secondary N) is 1. The van der Waals surface area contributed by atoms with Gasteiger partial charge in [0.05, 0.1) is 0 Å². The van der Waals surface area contributed by atoms with Gasteiger partial charge in [-0.1, -0.05) is 54.6 Å². The van der Waals surface area contributed by atoms with E-state index < -0.39 is 30.6 Å². The fraction of sp³-hybridized carbons (Fsp3) is 0.192. The van der Waals surface area contributed by atoms with Gasteiger partial charge in [-0.15, -0.1) is 0 Å². The Morgan fingerprint density at radius 3 is 2.31 bits per heavy atom. The number of phenols is 1. The van der Waals surface area contributed by atoms with Crippen molar-refractivity contribution in [2.45, 2.75) is 25.5 Å². The Bertz CT molecular complexity index is 1210. The predicted octanol–water partition coefficient (Wildman–Crippen LogP) is 2.92. The van der Waals surface area contributed by atoms with Crippen molar-refractivity contribution < 1.29 is 34.4 Å². The summed E-state index contributed by atoms with van der Waals surface area (Å²) in [6.07, 6.45) is 0.368. The lowest BCUT2D eigenvalue weighted by atomic mass is 10.0. The molecular formula is C26H26N2O7. The number of rotatable bonds is 7. The largest absolute Gasteiger partial charge is 0.508 e. The molecule has 1 aliphatic rings. The minimum atomic E-state index is -1.10. The predicted molar refractivity (Wildman–Crippen MR) is 128 cm³/mol. The van der Waals surface area contributed by atoms with Crippen molar-refractivity contribution in [2.75, 3.05) is 6.54 Å². The van der Waals surface area contributed by atoms with Gasteiger partial charge in [0.25, 0.3) is 0 Å². The molecule has 182 valence electrons. The molecule has 0 bridgehead atoms. The number of hydrogen-bond donors (Lipinski definition) is 5. The Morgan fingerprint density at radius 2 is 1.63 bits per heavy atom. The van der Waals surface area contributed by atoms with E-state index in [1.54, 1.807) is 12.1 Å². The quantitative estimate of drug-likeness (QED) is 0.271. The number of aliphatic carboxylic acids is 2. The van der Waals surface area contributed by atoms with Gasteiger partial charge in [-0.2, -0.15) is 0 Å². The smallest absolute Gasteiger partial charge is 0.407 e. The average molecular weight is 479 g/mol. The molecule has 1 amide bonds. The highest BCUT2D eigenvalue weighted by molar-refractivity contribution is 5.78. The summed E-state index contributed by atoms with van der Waals surface area (Å²) in [5, 5.41) is 28.2. The molecule has 0 fully saturated rings. The Labute approximate surface area is 201 Å². The second-order valence-electron chi connectivity index (χ2n) is 7.92. The van der Waals surface area contributed by atoms with Crippen LogP contribution in [0.15, 0.2) is 66.7 Å². The number of carboxylic acids is 2. The molecule has 4 rings (SSSR count). The van der Waals surface area contributed by atoms with E-state index in [1.807, 2.05) is 24.3 Å². The first kappa shape index (κ1) is 25.3. The van der Waals surface area contributed by atoms with Crippen LogP contribution in [0, 0.1) is 0 Å². The lowest BCUT2D eigenvalue weighted by molar-refractivity contribution is -0.138. The van der Waals surface area contributed by atoms with Crippen LogP contribution in [0.1, 0.15) is 22.3 Å². The minimum Gasteiger partial charge on any atom is -0.508 e. The third-order valence-corrected chi connectivity index (χ3v) is 5.40. The summed E-state index contributed by atoms with van der Waals surface area (Å²) in [5.74, 6) is -1.96. The van der Waals surface area contributed by atoms with Crippen molar-refractivity contribution in [1.29, 1.82) is 0 Å². The topological polar surface area (TPSA) is 159 Å². The van der Waals surface area contributed by atoms with E-state index in [1.165, 1.54) is 28.8 Å². The molecule has 0 saturated heterocycles. The number of carboxylic acid groups (broad SMARTS) is 2. The third-order valence-electron chi connectivity index (χ3n) is 5.40. The number of alkyl carbamates (subject to hydrolysis) is 1. The van der Waals surface area contributed by atoms with Gasteiger partial charge in [0.15, 0.2) is 0 Å². The SMILES string of the molecule is NC(Cc1ccc(O)cc1)C(=O)O.O=C(O)CNC(=O)OCc1cccc2c1Cc1ccccc1-2. The summed E-state index contributed by atoms with van der Waals surface area (Å²) in [7, 11) is 0. The lowest BCUT2D eigenvalue weighted by Gasteiger charge is -2.09. The zero-order chi connectivity index (χ0) is 25.4. The molecule has 6 N–H and O–H groups in total. The van der Waals surface area contributed by atoms with E-state index in [0.717, 1.165) is 23.1 Å². The van der Waals surface area contributed by atoms with Crippen LogP contribution in [-0.2, 0) is 33.8 Å². The van der Waals surface area contributed by atoms with E-state index in [9.17, 15) is 14.4 Å². The maximum atomic E-state index is 11.4. The van der Waals surface area contributed by atoms with Crippen LogP contribution < -0.4 is 11.1 Å². The highest BCUT2D eigenvalue weighted by Gasteiger charge is 2.20. The van der Waals surface area contributed by atoms with Gasteiger partial charge >= 0.3 is 18.0 Å². The molecule has 3 aromatic rings. The molecule has 9 nitrogen and oxygen atoms in total. The van der Waals surface area contributed by atoms with Crippen LogP contribution in [0.4, 0.5) is 4.79 Å². The number of ether oxygens (including phenoxy) is 1. The molecule has 0 saturated carbocycles. The van der Waals surface area contributed by atoms with Gasteiger partial charge < -0.3 is 31.1 Å². The number of fused-ring (bicyclic) bond motifs is 3. The number of hydrogen-bond acceptors (Lipinski definition) is 6. The molecular weight excluding hydrogens is 452 g/mol. The van der Waals surface area contributed by atoms with E-state index in [0.29, 0.717) is 0 Å². The fourth-order valence-electron chi connectivity index (χ4n) is 3.67. The molecule has 0 aliphatic heterocycles. The Hall–Kier alpha value is -4.37. The first-order valence-corrected chi connectivity index (χ1v) is 10.8. The average Bonchev–Trinajstić information content (AvgIpc) is 3.22.